The highest BCUT2D eigenvalue weighted by Gasteiger charge is 2.11. The average molecular weight is 395 g/mol. The topological polar surface area (TPSA) is 75.0 Å². The van der Waals surface area contributed by atoms with Crippen LogP contribution in [0.2, 0.25) is 0 Å². The number of amides is 1. The van der Waals surface area contributed by atoms with Gasteiger partial charge in [0, 0.05) is 23.6 Å². The van der Waals surface area contributed by atoms with Crippen molar-refractivity contribution in [3.8, 4) is 11.9 Å². The lowest BCUT2D eigenvalue weighted by Crippen LogP contribution is -2.22. The first-order valence-corrected chi connectivity index (χ1v) is 9.81. The number of nitriles is 1. The van der Waals surface area contributed by atoms with Crippen LogP contribution in [0.5, 0.6) is 5.88 Å². The molecule has 148 valence electrons. The van der Waals surface area contributed by atoms with Crippen LogP contribution >= 0.6 is 0 Å². The van der Waals surface area contributed by atoms with E-state index in [4.69, 9.17) is 4.74 Å². The Morgan fingerprint density at radius 2 is 2.00 bits per heavy atom. The SMILES string of the molecule is COc1cc(C#N)c2cc(C(=O)NCc3ccc(C4=CCCC=C4)cc3)ccc2n1. The van der Waals surface area contributed by atoms with Crippen LogP contribution in [0.1, 0.15) is 39.9 Å². The number of ether oxygens (including phenoxy) is 1. The molecule has 5 nitrogen and oxygen atoms in total. The number of allylic oxidation sites excluding steroid dienone is 4. The number of carbonyl (C=O) groups excluding carboxylic acids is 1. The van der Waals surface area contributed by atoms with Crippen molar-refractivity contribution in [2.45, 2.75) is 19.4 Å². The van der Waals surface area contributed by atoms with Crippen LogP contribution in [0.4, 0.5) is 0 Å². The molecular weight excluding hydrogens is 374 g/mol. The van der Waals surface area contributed by atoms with Gasteiger partial charge >= 0.3 is 0 Å². The number of nitrogens with one attached hydrogen (secondary N) is 1. The Balaban J connectivity index is 1.47. The number of hydrogen-bond acceptors (Lipinski definition) is 4. The van der Waals surface area contributed by atoms with E-state index in [1.165, 1.54) is 18.2 Å². The lowest BCUT2D eigenvalue weighted by Gasteiger charge is -2.10. The number of pyridine rings is 1. The van der Waals surface area contributed by atoms with Crippen molar-refractivity contribution < 1.29 is 9.53 Å². The maximum Gasteiger partial charge on any atom is 0.251 e. The number of methoxy groups -OCH3 is 1. The van der Waals surface area contributed by atoms with Gasteiger partial charge in [0.25, 0.3) is 5.91 Å². The molecule has 4 rings (SSSR count). The molecule has 1 aliphatic rings. The summed E-state index contributed by atoms with van der Waals surface area (Å²) >= 11 is 0. The Bertz CT molecular complexity index is 1200. The molecule has 0 unspecified atom stereocenters. The highest BCUT2D eigenvalue weighted by Crippen LogP contribution is 2.23. The predicted molar refractivity (Wildman–Crippen MR) is 117 cm³/mol. The molecule has 1 heterocycles. The third-order valence-corrected chi connectivity index (χ3v) is 5.11. The third kappa shape index (κ3) is 4.08. The van der Waals surface area contributed by atoms with Crippen molar-refractivity contribution in [3.63, 3.8) is 0 Å². The maximum atomic E-state index is 12.6. The molecule has 0 saturated heterocycles. The van der Waals surface area contributed by atoms with Gasteiger partial charge in [0.2, 0.25) is 5.88 Å². The van der Waals surface area contributed by atoms with Gasteiger partial charge < -0.3 is 10.1 Å². The molecule has 0 atom stereocenters. The Kier molecular flexibility index (Phi) is 5.58. The first-order chi connectivity index (χ1) is 14.7. The fourth-order valence-electron chi connectivity index (χ4n) is 3.47. The Morgan fingerprint density at radius 3 is 2.70 bits per heavy atom. The molecule has 0 aliphatic heterocycles. The van der Waals surface area contributed by atoms with Gasteiger partial charge in [0.1, 0.15) is 6.07 Å². The van der Waals surface area contributed by atoms with Gasteiger partial charge in [-0.3, -0.25) is 4.79 Å². The second kappa shape index (κ2) is 8.62. The molecule has 2 aromatic carbocycles. The molecule has 30 heavy (non-hydrogen) atoms. The van der Waals surface area contributed by atoms with Gasteiger partial charge in [-0.15, -0.1) is 0 Å². The molecular formula is C25H21N3O2. The molecule has 1 aliphatic carbocycles. The Hall–Kier alpha value is -3.91. The molecule has 0 spiro atoms. The minimum absolute atomic E-state index is 0.196. The highest BCUT2D eigenvalue weighted by molar-refractivity contribution is 5.99. The van der Waals surface area contributed by atoms with Crippen molar-refractivity contribution in [2.24, 2.45) is 0 Å². The van der Waals surface area contributed by atoms with E-state index in [1.807, 2.05) is 12.1 Å². The van der Waals surface area contributed by atoms with E-state index in [9.17, 15) is 10.1 Å². The van der Waals surface area contributed by atoms with Crippen LogP contribution in [-0.4, -0.2) is 18.0 Å². The van der Waals surface area contributed by atoms with E-state index in [1.54, 1.807) is 24.3 Å². The summed E-state index contributed by atoms with van der Waals surface area (Å²) in [7, 11) is 1.51. The largest absolute Gasteiger partial charge is 0.481 e. The second-order valence-corrected chi connectivity index (χ2v) is 7.07. The quantitative estimate of drug-likeness (QED) is 0.675. The molecule has 0 radical (unpaired) electrons. The zero-order valence-electron chi connectivity index (χ0n) is 16.7. The minimum Gasteiger partial charge on any atom is -0.481 e. The first-order valence-electron chi connectivity index (χ1n) is 9.81. The van der Waals surface area contributed by atoms with E-state index < -0.39 is 0 Å². The van der Waals surface area contributed by atoms with Gasteiger partial charge in [-0.1, -0.05) is 42.5 Å². The van der Waals surface area contributed by atoms with E-state index in [2.05, 4.69) is 46.7 Å². The van der Waals surface area contributed by atoms with Gasteiger partial charge in [-0.05, 0) is 47.7 Å². The van der Waals surface area contributed by atoms with E-state index in [-0.39, 0.29) is 5.91 Å². The third-order valence-electron chi connectivity index (χ3n) is 5.11. The van der Waals surface area contributed by atoms with Gasteiger partial charge in [0.05, 0.1) is 18.2 Å². The van der Waals surface area contributed by atoms with Crippen LogP contribution in [0.3, 0.4) is 0 Å². The average Bonchev–Trinajstić information content (AvgIpc) is 2.82. The molecule has 0 saturated carbocycles. The zero-order valence-corrected chi connectivity index (χ0v) is 16.7. The van der Waals surface area contributed by atoms with Crippen molar-refractivity contribution in [3.05, 3.63) is 89.0 Å². The number of fused-ring (bicyclic) bond motifs is 1. The highest BCUT2D eigenvalue weighted by atomic mass is 16.5. The lowest BCUT2D eigenvalue weighted by atomic mass is 9.99. The smallest absolute Gasteiger partial charge is 0.251 e. The summed E-state index contributed by atoms with van der Waals surface area (Å²) in [5, 5.41) is 13.0. The van der Waals surface area contributed by atoms with E-state index >= 15 is 0 Å². The Morgan fingerprint density at radius 1 is 1.17 bits per heavy atom. The van der Waals surface area contributed by atoms with Crippen molar-refractivity contribution in [2.75, 3.05) is 7.11 Å². The summed E-state index contributed by atoms with van der Waals surface area (Å²) in [6.07, 6.45) is 8.76. The molecule has 1 aromatic heterocycles. The van der Waals surface area contributed by atoms with E-state index in [0.29, 0.717) is 34.5 Å². The second-order valence-electron chi connectivity index (χ2n) is 7.07. The van der Waals surface area contributed by atoms with Gasteiger partial charge in [-0.25, -0.2) is 4.98 Å². The number of hydrogen-bond donors (Lipinski definition) is 1. The maximum absolute atomic E-state index is 12.6. The van der Waals surface area contributed by atoms with Crippen molar-refractivity contribution >= 4 is 22.4 Å². The summed E-state index contributed by atoms with van der Waals surface area (Å²) in [6, 6.07) is 17.1. The molecule has 1 amide bonds. The molecule has 0 fully saturated rings. The summed E-state index contributed by atoms with van der Waals surface area (Å²) < 4.78 is 5.13. The van der Waals surface area contributed by atoms with Crippen molar-refractivity contribution in [1.29, 1.82) is 5.26 Å². The number of aromatic nitrogens is 1. The van der Waals surface area contributed by atoms with Gasteiger partial charge in [0.15, 0.2) is 0 Å². The molecule has 0 bridgehead atoms. The van der Waals surface area contributed by atoms with Crippen LogP contribution in [-0.2, 0) is 6.54 Å². The number of nitrogens with zero attached hydrogens (tertiary/aromatic N) is 2. The molecule has 3 aromatic rings. The predicted octanol–water partition coefficient (Wildman–Crippen LogP) is 4.78. The van der Waals surface area contributed by atoms with Crippen LogP contribution in [0.25, 0.3) is 16.5 Å². The summed E-state index contributed by atoms with van der Waals surface area (Å²) in [6.45, 7) is 0.429. The van der Waals surface area contributed by atoms with Crippen molar-refractivity contribution in [1.82, 2.24) is 10.3 Å². The molecule has 1 N–H and O–H groups in total. The summed E-state index contributed by atoms with van der Waals surface area (Å²) in [4.78, 5) is 17.0. The zero-order chi connectivity index (χ0) is 20.9. The standard InChI is InChI=1S/C25H21N3O2/c1-30-24-14-21(15-26)22-13-20(11-12-23(22)28-24)25(29)27-16-17-7-9-19(10-8-17)18-5-3-2-4-6-18/h3,5-14H,2,4,16H2,1H3,(H,27,29). The summed E-state index contributed by atoms with van der Waals surface area (Å²) in [5.74, 6) is 0.179. The first kappa shape index (κ1) is 19.4. The molecule has 5 heteroatoms. The van der Waals surface area contributed by atoms with Gasteiger partial charge in [-0.2, -0.15) is 5.26 Å². The van der Waals surface area contributed by atoms with Crippen LogP contribution < -0.4 is 10.1 Å². The number of benzene rings is 2. The fraction of sp³-hybridized carbons (Fsp3) is 0.160. The van der Waals surface area contributed by atoms with Crippen LogP contribution in [0.15, 0.2) is 66.8 Å². The normalized spacial score (nSPS) is 12.9. The minimum atomic E-state index is -0.196. The fourth-order valence-corrected chi connectivity index (χ4v) is 3.47. The number of carbonyl (C=O) groups is 1. The van der Waals surface area contributed by atoms with E-state index in [0.717, 1.165) is 18.4 Å². The Labute approximate surface area is 175 Å². The van der Waals surface area contributed by atoms with Crippen LogP contribution in [0, 0.1) is 11.3 Å². The lowest BCUT2D eigenvalue weighted by molar-refractivity contribution is 0.0951. The number of rotatable bonds is 5. The monoisotopic (exact) mass is 395 g/mol. The summed E-state index contributed by atoms with van der Waals surface area (Å²) in [5.41, 5.74) is 4.98.